The Morgan fingerprint density at radius 2 is 1.79 bits per heavy atom. The molecule has 1 aliphatic rings. The first-order valence-electron chi connectivity index (χ1n) is 8.84. The van der Waals surface area contributed by atoms with E-state index in [0.29, 0.717) is 9.23 Å². The lowest BCUT2D eigenvalue weighted by atomic mass is 10.2. The number of carbonyl (C=O) groups excluding carboxylic acids is 1. The lowest BCUT2D eigenvalue weighted by Gasteiger charge is -2.13. The summed E-state index contributed by atoms with van der Waals surface area (Å²) in [7, 11) is 0. The van der Waals surface area contributed by atoms with E-state index in [0.717, 1.165) is 28.3 Å². The SMILES string of the molecule is Cc1cc(/C=C2/SC(=S)N(c3ccccc3)C2=O)c(C)n1-c1ccc(F)c(Cl)c1. The maximum atomic E-state index is 13.5. The van der Waals surface area contributed by atoms with E-state index in [4.69, 9.17) is 23.8 Å². The number of halogens is 2. The van der Waals surface area contributed by atoms with Gasteiger partial charge in [0.25, 0.3) is 5.91 Å². The Labute approximate surface area is 182 Å². The Balaban J connectivity index is 1.71. The predicted octanol–water partition coefficient (Wildman–Crippen LogP) is 6.29. The van der Waals surface area contributed by atoms with Crippen molar-refractivity contribution >= 4 is 57.6 Å². The van der Waals surface area contributed by atoms with Crippen LogP contribution in [-0.4, -0.2) is 14.8 Å². The maximum Gasteiger partial charge on any atom is 0.270 e. The molecule has 0 radical (unpaired) electrons. The Kier molecular flexibility index (Phi) is 5.34. The molecule has 29 heavy (non-hydrogen) atoms. The molecule has 0 unspecified atom stereocenters. The lowest BCUT2D eigenvalue weighted by molar-refractivity contribution is -0.113. The van der Waals surface area contributed by atoms with Gasteiger partial charge in [-0.1, -0.05) is 53.8 Å². The fourth-order valence-corrected chi connectivity index (χ4v) is 4.83. The van der Waals surface area contributed by atoms with Gasteiger partial charge in [-0.3, -0.25) is 9.69 Å². The number of para-hydroxylation sites is 1. The van der Waals surface area contributed by atoms with E-state index in [1.165, 1.54) is 17.8 Å². The summed E-state index contributed by atoms with van der Waals surface area (Å²) in [6.45, 7) is 3.91. The van der Waals surface area contributed by atoms with Crippen molar-refractivity contribution in [3.63, 3.8) is 0 Å². The summed E-state index contributed by atoms with van der Waals surface area (Å²) in [5, 5.41) is 0.0697. The van der Waals surface area contributed by atoms with Gasteiger partial charge in [0.2, 0.25) is 0 Å². The highest BCUT2D eigenvalue weighted by Gasteiger charge is 2.33. The van der Waals surface area contributed by atoms with Crippen LogP contribution in [0.1, 0.15) is 17.0 Å². The molecule has 3 nitrogen and oxygen atoms in total. The largest absolute Gasteiger partial charge is 0.318 e. The molecule has 0 bridgehead atoms. The van der Waals surface area contributed by atoms with Gasteiger partial charge in [-0.25, -0.2) is 4.39 Å². The highest BCUT2D eigenvalue weighted by molar-refractivity contribution is 8.27. The van der Waals surface area contributed by atoms with Crippen molar-refractivity contribution < 1.29 is 9.18 Å². The molecule has 1 amide bonds. The minimum atomic E-state index is -0.456. The zero-order valence-corrected chi connectivity index (χ0v) is 18.0. The van der Waals surface area contributed by atoms with Crippen LogP contribution in [0.5, 0.6) is 0 Å². The molecule has 2 aromatic carbocycles. The molecule has 0 N–H and O–H groups in total. The van der Waals surface area contributed by atoms with E-state index in [2.05, 4.69) is 0 Å². The molecule has 1 aliphatic heterocycles. The number of rotatable bonds is 3. The summed E-state index contributed by atoms with van der Waals surface area (Å²) >= 11 is 12.7. The van der Waals surface area contributed by atoms with Crippen LogP contribution in [0.4, 0.5) is 10.1 Å². The minimum Gasteiger partial charge on any atom is -0.318 e. The molecular formula is C22H16ClFN2OS2. The second-order valence-corrected chi connectivity index (χ2v) is 8.70. The first-order valence-corrected chi connectivity index (χ1v) is 10.4. The van der Waals surface area contributed by atoms with Crippen LogP contribution in [0.3, 0.4) is 0 Å². The second-order valence-electron chi connectivity index (χ2n) is 6.61. The molecule has 0 spiro atoms. The van der Waals surface area contributed by atoms with E-state index in [1.807, 2.05) is 60.9 Å². The van der Waals surface area contributed by atoms with Crippen molar-refractivity contribution in [1.82, 2.24) is 4.57 Å². The van der Waals surface area contributed by atoms with Crippen LogP contribution in [0, 0.1) is 19.7 Å². The number of carbonyl (C=O) groups is 1. The molecule has 0 aliphatic carbocycles. The van der Waals surface area contributed by atoms with Gasteiger partial charge in [-0.2, -0.15) is 0 Å². The van der Waals surface area contributed by atoms with E-state index >= 15 is 0 Å². The van der Waals surface area contributed by atoms with Crippen molar-refractivity contribution in [3.05, 3.63) is 87.3 Å². The number of anilines is 1. The summed E-state index contributed by atoms with van der Waals surface area (Å²) < 4.78 is 16.0. The molecule has 1 aromatic heterocycles. The molecule has 4 rings (SSSR count). The Morgan fingerprint density at radius 1 is 1.07 bits per heavy atom. The fraction of sp³-hybridized carbons (Fsp3) is 0.0909. The predicted molar refractivity (Wildman–Crippen MR) is 122 cm³/mol. The molecule has 2 heterocycles. The number of benzene rings is 2. The number of thioether (sulfide) groups is 1. The Morgan fingerprint density at radius 3 is 2.48 bits per heavy atom. The Hall–Kier alpha value is -2.41. The summed E-state index contributed by atoms with van der Waals surface area (Å²) in [6.07, 6.45) is 1.85. The molecule has 0 atom stereocenters. The molecule has 3 aromatic rings. The first-order chi connectivity index (χ1) is 13.9. The number of amides is 1. The van der Waals surface area contributed by atoms with E-state index in [9.17, 15) is 9.18 Å². The van der Waals surface area contributed by atoms with Gasteiger partial charge in [-0.15, -0.1) is 0 Å². The van der Waals surface area contributed by atoms with Crippen LogP contribution in [0.2, 0.25) is 5.02 Å². The smallest absolute Gasteiger partial charge is 0.270 e. The van der Waals surface area contributed by atoms with E-state index in [1.54, 1.807) is 17.0 Å². The topological polar surface area (TPSA) is 25.2 Å². The molecule has 7 heteroatoms. The van der Waals surface area contributed by atoms with Gasteiger partial charge in [-0.05, 0) is 61.9 Å². The number of nitrogens with zero attached hydrogens (tertiary/aromatic N) is 2. The average Bonchev–Trinajstić information content (AvgIpc) is 3.13. The third-order valence-electron chi connectivity index (χ3n) is 4.73. The number of aromatic nitrogens is 1. The molecule has 0 saturated carbocycles. The maximum absolute atomic E-state index is 13.5. The number of hydrogen-bond donors (Lipinski definition) is 0. The standard InChI is InChI=1S/C22H16ClFN2OS2/c1-13-10-15(14(2)25(13)17-8-9-19(24)18(23)12-17)11-20-21(27)26(22(28)29-20)16-6-4-3-5-7-16/h3-12H,1-2H3/b20-11+. The highest BCUT2D eigenvalue weighted by Crippen LogP contribution is 2.37. The number of thiocarbonyl (C=S) groups is 1. The van der Waals surface area contributed by atoms with Gasteiger partial charge in [0.05, 0.1) is 15.6 Å². The first kappa shape index (κ1) is 19.9. The summed E-state index contributed by atoms with van der Waals surface area (Å²) in [4.78, 5) is 15.1. The summed E-state index contributed by atoms with van der Waals surface area (Å²) in [5.41, 5.74) is 4.30. The van der Waals surface area contributed by atoms with Crippen molar-refractivity contribution in [3.8, 4) is 5.69 Å². The van der Waals surface area contributed by atoms with Crippen molar-refractivity contribution in [2.45, 2.75) is 13.8 Å². The molecule has 1 fully saturated rings. The van der Waals surface area contributed by atoms with Crippen molar-refractivity contribution in [2.75, 3.05) is 4.90 Å². The number of hydrogen-bond acceptors (Lipinski definition) is 3. The van der Waals surface area contributed by atoms with Gasteiger partial charge in [0.1, 0.15) is 5.82 Å². The van der Waals surface area contributed by atoms with Gasteiger partial charge in [0, 0.05) is 17.1 Å². The highest BCUT2D eigenvalue weighted by atomic mass is 35.5. The van der Waals surface area contributed by atoms with Crippen LogP contribution >= 0.6 is 35.6 Å². The Bertz CT molecular complexity index is 1170. The summed E-state index contributed by atoms with van der Waals surface area (Å²) in [5.74, 6) is -0.594. The fourth-order valence-electron chi connectivity index (χ4n) is 3.36. The van der Waals surface area contributed by atoms with Crippen molar-refractivity contribution in [2.24, 2.45) is 0 Å². The lowest BCUT2D eigenvalue weighted by Crippen LogP contribution is -2.27. The van der Waals surface area contributed by atoms with Gasteiger partial charge in [0.15, 0.2) is 4.32 Å². The zero-order chi connectivity index (χ0) is 20.7. The van der Waals surface area contributed by atoms with Gasteiger partial charge >= 0.3 is 0 Å². The molecule has 1 saturated heterocycles. The average molecular weight is 443 g/mol. The van der Waals surface area contributed by atoms with Crippen molar-refractivity contribution in [1.29, 1.82) is 0 Å². The molecular weight excluding hydrogens is 427 g/mol. The van der Waals surface area contributed by atoms with Crippen LogP contribution in [0.15, 0.2) is 59.5 Å². The van der Waals surface area contributed by atoms with Crippen LogP contribution in [0.25, 0.3) is 11.8 Å². The molecule has 146 valence electrons. The zero-order valence-electron chi connectivity index (χ0n) is 15.6. The van der Waals surface area contributed by atoms with E-state index < -0.39 is 5.82 Å². The monoisotopic (exact) mass is 442 g/mol. The third-order valence-corrected chi connectivity index (χ3v) is 6.32. The quantitative estimate of drug-likeness (QED) is 0.352. The minimum absolute atomic E-state index is 0.0697. The summed E-state index contributed by atoms with van der Waals surface area (Å²) in [6, 6.07) is 16.0. The number of aryl methyl sites for hydroxylation is 1. The van der Waals surface area contributed by atoms with Crippen LogP contribution < -0.4 is 4.90 Å². The van der Waals surface area contributed by atoms with E-state index in [-0.39, 0.29) is 10.9 Å². The van der Waals surface area contributed by atoms with Gasteiger partial charge < -0.3 is 4.57 Å². The third kappa shape index (κ3) is 3.64. The normalized spacial score (nSPS) is 15.6. The second kappa shape index (κ2) is 7.78. The van der Waals surface area contributed by atoms with Crippen LogP contribution in [-0.2, 0) is 4.79 Å².